The summed E-state index contributed by atoms with van der Waals surface area (Å²) in [6.07, 6.45) is 1.79. The number of hydrogen-bond acceptors (Lipinski definition) is 4. The predicted molar refractivity (Wildman–Crippen MR) is 141 cm³/mol. The number of rotatable bonds is 5. The van der Waals surface area contributed by atoms with Gasteiger partial charge in [-0.05, 0) is 53.6 Å². The van der Waals surface area contributed by atoms with Crippen LogP contribution in [0.5, 0.6) is 0 Å². The van der Waals surface area contributed by atoms with Crippen LogP contribution in [-0.2, 0) is 25.7 Å². The zero-order valence-corrected chi connectivity index (χ0v) is 21.8. The molecule has 1 aliphatic rings. The van der Waals surface area contributed by atoms with Gasteiger partial charge in [-0.25, -0.2) is 9.78 Å². The number of carbonyl (C=O) groups excluding carboxylic acids is 1. The monoisotopic (exact) mass is 577 g/mol. The molecule has 1 N–H and O–H groups in total. The van der Waals surface area contributed by atoms with Crippen molar-refractivity contribution in [1.82, 2.24) is 24.8 Å². The molecule has 4 heterocycles. The SMILES string of the molecule is O=C(NCc1ccnc(F)c1)n1c2c(c3cc(Cl)c(Cl)cc31)CN(C/C=C/c1ccc(C(F)(F)F)cn1)CC2. The standard InChI is InChI=1S/C27H21Cl2F4N5O/c28-21-11-19-20-15-37(8-1-2-18-4-3-17(14-35-18)27(31,32)33)9-6-23(20)38(24(19)12-22(21)29)26(39)36-13-16-5-7-34-25(30)10-16/h1-5,7,10-12,14H,6,8-9,13,15H2,(H,36,39)/b2-1+. The Kier molecular flexibility index (Phi) is 7.61. The van der Waals surface area contributed by atoms with Crippen LogP contribution < -0.4 is 5.32 Å². The van der Waals surface area contributed by atoms with Crippen LogP contribution in [-0.4, -0.2) is 38.6 Å². The predicted octanol–water partition coefficient (Wildman–Crippen LogP) is 6.73. The third-order valence-electron chi connectivity index (χ3n) is 6.47. The zero-order chi connectivity index (χ0) is 27.7. The van der Waals surface area contributed by atoms with E-state index in [1.165, 1.54) is 18.3 Å². The summed E-state index contributed by atoms with van der Waals surface area (Å²) in [5.41, 5.74) is 2.56. The molecular weight excluding hydrogens is 557 g/mol. The Hall–Kier alpha value is -3.47. The topological polar surface area (TPSA) is 63.1 Å². The molecule has 3 aromatic heterocycles. The molecule has 0 bridgehead atoms. The van der Waals surface area contributed by atoms with Gasteiger partial charge in [0.2, 0.25) is 5.95 Å². The van der Waals surface area contributed by atoms with Crippen molar-refractivity contribution >= 4 is 46.2 Å². The molecule has 0 saturated carbocycles. The molecule has 6 nitrogen and oxygen atoms in total. The van der Waals surface area contributed by atoms with Crippen molar-refractivity contribution in [2.75, 3.05) is 13.1 Å². The van der Waals surface area contributed by atoms with E-state index in [-0.39, 0.29) is 12.6 Å². The lowest BCUT2D eigenvalue weighted by Crippen LogP contribution is -2.34. The van der Waals surface area contributed by atoms with E-state index in [0.29, 0.717) is 52.9 Å². The van der Waals surface area contributed by atoms with E-state index in [0.717, 1.165) is 28.9 Å². The lowest BCUT2D eigenvalue weighted by atomic mass is 10.0. The zero-order valence-electron chi connectivity index (χ0n) is 20.3. The molecule has 0 saturated heterocycles. The first-order valence-electron chi connectivity index (χ1n) is 11.9. The number of pyridine rings is 2. The molecule has 1 aliphatic heterocycles. The van der Waals surface area contributed by atoms with Crippen LogP contribution in [0.4, 0.5) is 22.4 Å². The Balaban J connectivity index is 1.35. The van der Waals surface area contributed by atoms with E-state index >= 15 is 0 Å². The van der Waals surface area contributed by atoms with Gasteiger partial charge in [0, 0.05) is 56.1 Å². The second-order valence-electron chi connectivity index (χ2n) is 9.05. The summed E-state index contributed by atoms with van der Waals surface area (Å²) in [5.74, 6) is -0.629. The molecule has 1 aromatic carbocycles. The molecule has 0 spiro atoms. The van der Waals surface area contributed by atoms with Crippen molar-refractivity contribution in [3.05, 3.63) is 98.9 Å². The second kappa shape index (κ2) is 11.0. The van der Waals surface area contributed by atoms with Gasteiger partial charge in [-0.1, -0.05) is 29.3 Å². The van der Waals surface area contributed by atoms with Crippen LogP contribution in [0.2, 0.25) is 10.0 Å². The number of nitrogens with one attached hydrogen (secondary N) is 1. The molecule has 0 atom stereocenters. The maximum absolute atomic E-state index is 13.5. The minimum Gasteiger partial charge on any atom is -0.333 e. The quantitative estimate of drug-likeness (QED) is 0.211. The van der Waals surface area contributed by atoms with Gasteiger partial charge in [0.1, 0.15) is 0 Å². The molecule has 12 heteroatoms. The van der Waals surface area contributed by atoms with Gasteiger partial charge in [-0.3, -0.25) is 14.5 Å². The number of amides is 1. The fourth-order valence-electron chi connectivity index (χ4n) is 4.60. The van der Waals surface area contributed by atoms with Crippen molar-refractivity contribution in [2.24, 2.45) is 0 Å². The highest BCUT2D eigenvalue weighted by molar-refractivity contribution is 6.42. The minimum atomic E-state index is -4.43. The highest BCUT2D eigenvalue weighted by Gasteiger charge is 2.30. The van der Waals surface area contributed by atoms with Crippen LogP contribution in [0.25, 0.3) is 17.0 Å². The fraction of sp³-hybridized carbons (Fsp3) is 0.222. The van der Waals surface area contributed by atoms with Gasteiger partial charge in [0.05, 0.1) is 26.8 Å². The van der Waals surface area contributed by atoms with Crippen LogP contribution in [0.1, 0.15) is 28.1 Å². The lowest BCUT2D eigenvalue weighted by Gasteiger charge is -2.27. The summed E-state index contributed by atoms with van der Waals surface area (Å²) in [7, 11) is 0. The highest BCUT2D eigenvalue weighted by atomic mass is 35.5. The number of hydrogen-bond donors (Lipinski definition) is 1. The average molecular weight is 578 g/mol. The van der Waals surface area contributed by atoms with Gasteiger partial charge >= 0.3 is 12.2 Å². The average Bonchev–Trinajstić information content (AvgIpc) is 3.20. The molecule has 39 heavy (non-hydrogen) atoms. The number of benzene rings is 1. The van der Waals surface area contributed by atoms with Gasteiger partial charge < -0.3 is 5.32 Å². The molecular formula is C27H21Cl2F4N5O. The molecule has 5 rings (SSSR count). The number of fused-ring (bicyclic) bond motifs is 3. The van der Waals surface area contributed by atoms with Crippen molar-refractivity contribution in [3.8, 4) is 0 Å². The Labute approximate surface area is 230 Å². The summed E-state index contributed by atoms with van der Waals surface area (Å²) in [6.45, 7) is 1.79. The Morgan fingerprint density at radius 2 is 1.90 bits per heavy atom. The Morgan fingerprint density at radius 3 is 2.62 bits per heavy atom. The summed E-state index contributed by atoms with van der Waals surface area (Å²) >= 11 is 12.6. The molecule has 202 valence electrons. The maximum Gasteiger partial charge on any atom is 0.417 e. The summed E-state index contributed by atoms with van der Waals surface area (Å²) in [5, 5.41) is 4.30. The first-order valence-corrected chi connectivity index (χ1v) is 12.7. The molecule has 0 aliphatic carbocycles. The number of alkyl halides is 3. The molecule has 0 fully saturated rings. The molecule has 4 aromatic rings. The van der Waals surface area contributed by atoms with Gasteiger partial charge in [0.25, 0.3) is 0 Å². The smallest absolute Gasteiger partial charge is 0.333 e. The second-order valence-corrected chi connectivity index (χ2v) is 9.86. The van der Waals surface area contributed by atoms with E-state index in [9.17, 15) is 22.4 Å². The Morgan fingerprint density at radius 1 is 1.10 bits per heavy atom. The molecule has 1 amide bonds. The van der Waals surface area contributed by atoms with E-state index in [2.05, 4.69) is 20.2 Å². The largest absolute Gasteiger partial charge is 0.417 e. The van der Waals surface area contributed by atoms with Gasteiger partial charge in [-0.2, -0.15) is 17.6 Å². The number of nitrogens with zero attached hydrogens (tertiary/aromatic N) is 4. The van der Waals surface area contributed by atoms with Gasteiger partial charge in [-0.15, -0.1) is 0 Å². The normalized spacial score (nSPS) is 14.2. The van der Waals surface area contributed by atoms with Crippen LogP contribution in [0.15, 0.2) is 54.9 Å². The summed E-state index contributed by atoms with van der Waals surface area (Å²) in [4.78, 5) is 22.8. The van der Waals surface area contributed by atoms with Crippen molar-refractivity contribution < 1.29 is 22.4 Å². The molecule has 0 unspecified atom stereocenters. The minimum absolute atomic E-state index is 0.114. The van der Waals surface area contributed by atoms with Crippen molar-refractivity contribution in [2.45, 2.75) is 25.7 Å². The third-order valence-corrected chi connectivity index (χ3v) is 7.20. The first-order chi connectivity index (χ1) is 18.6. The highest BCUT2D eigenvalue weighted by Crippen LogP contribution is 2.36. The first kappa shape index (κ1) is 27.1. The van der Waals surface area contributed by atoms with Gasteiger partial charge in [0.15, 0.2) is 0 Å². The van der Waals surface area contributed by atoms with Crippen LogP contribution >= 0.6 is 23.2 Å². The van der Waals surface area contributed by atoms with E-state index < -0.39 is 17.7 Å². The maximum atomic E-state index is 13.5. The lowest BCUT2D eigenvalue weighted by molar-refractivity contribution is -0.137. The fourth-order valence-corrected chi connectivity index (χ4v) is 4.92. The number of carbonyl (C=O) groups is 1. The number of aromatic nitrogens is 3. The van der Waals surface area contributed by atoms with Crippen LogP contribution in [0, 0.1) is 5.95 Å². The van der Waals surface area contributed by atoms with E-state index in [1.807, 2.05) is 6.08 Å². The Bertz CT molecular complexity index is 1570. The van der Waals surface area contributed by atoms with E-state index in [1.54, 1.807) is 28.8 Å². The van der Waals surface area contributed by atoms with Crippen molar-refractivity contribution in [1.29, 1.82) is 0 Å². The summed E-state index contributed by atoms with van der Waals surface area (Å²) in [6, 6.07) is 8.22. The van der Waals surface area contributed by atoms with E-state index in [4.69, 9.17) is 23.2 Å². The third kappa shape index (κ3) is 5.93. The molecule has 0 radical (unpaired) electrons. The number of halogens is 6. The van der Waals surface area contributed by atoms with Crippen LogP contribution in [0.3, 0.4) is 0 Å². The summed E-state index contributed by atoms with van der Waals surface area (Å²) < 4.78 is 53.3. The van der Waals surface area contributed by atoms with Crippen molar-refractivity contribution in [3.63, 3.8) is 0 Å².